The third-order valence-electron chi connectivity index (χ3n) is 6.44. The molecule has 0 aliphatic heterocycles. The van der Waals surface area contributed by atoms with Crippen LogP contribution in [0.25, 0.3) is 5.70 Å². The average molecular weight is 437 g/mol. The minimum absolute atomic E-state index is 0.306. The molecule has 1 fully saturated rings. The molecule has 6 nitrogen and oxygen atoms in total. The molecule has 2 aliphatic rings. The molecule has 170 valence electrons. The molecule has 1 atom stereocenters. The van der Waals surface area contributed by atoms with Gasteiger partial charge < -0.3 is 9.84 Å². The van der Waals surface area contributed by atoms with Crippen molar-refractivity contribution < 1.29 is 19.5 Å². The van der Waals surface area contributed by atoms with E-state index in [-0.39, 0.29) is 6.61 Å². The van der Waals surface area contributed by atoms with Crippen molar-refractivity contribution in [2.75, 3.05) is 13.2 Å². The van der Waals surface area contributed by atoms with E-state index in [1.54, 1.807) is 6.20 Å². The summed E-state index contributed by atoms with van der Waals surface area (Å²) in [4.78, 5) is 21.2. The molecule has 0 saturated heterocycles. The molecule has 1 aromatic heterocycles. The van der Waals surface area contributed by atoms with Gasteiger partial charge in [-0.15, -0.1) is 0 Å². The maximum absolute atomic E-state index is 10.9. The number of carbonyl (C=O) groups is 1. The van der Waals surface area contributed by atoms with Crippen molar-refractivity contribution in [3.8, 4) is 5.75 Å². The van der Waals surface area contributed by atoms with Crippen LogP contribution >= 0.6 is 0 Å². The van der Waals surface area contributed by atoms with E-state index >= 15 is 0 Å². The fourth-order valence-electron chi connectivity index (χ4n) is 4.89. The third-order valence-corrected chi connectivity index (χ3v) is 6.44. The second-order valence-corrected chi connectivity index (χ2v) is 8.62. The third kappa shape index (κ3) is 5.68. The van der Waals surface area contributed by atoms with Gasteiger partial charge in [0, 0.05) is 18.0 Å². The summed E-state index contributed by atoms with van der Waals surface area (Å²) in [7, 11) is 0. The van der Waals surface area contributed by atoms with Crippen LogP contribution in [0.15, 0.2) is 48.3 Å². The van der Waals surface area contributed by atoms with Gasteiger partial charge in [-0.25, -0.2) is 4.79 Å². The number of ether oxygens (including phenoxy) is 1. The summed E-state index contributed by atoms with van der Waals surface area (Å²) >= 11 is 0. The first-order valence-electron chi connectivity index (χ1n) is 11.7. The van der Waals surface area contributed by atoms with Gasteiger partial charge in [0.05, 0.1) is 12.3 Å². The van der Waals surface area contributed by atoms with Gasteiger partial charge in [0.1, 0.15) is 5.75 Å². The van der Waals surface area contributed by atoms with Crippen molar-refractivity contribution in [1.29, 1.82) is 0 Å². The lowest BCUT2D eigenvalue weighted by atomic mass is 9.81. The normalized spacial score (nSPS) is 18.0. The highest BCUT2D eigenvalue weighted by Crippen LogP contribution is 2.38. The molecule has 1 saturated carbocycles. The number of nitrogens with zero attached hydrogens (tertiary/aromatic N) is 1. The summed E-state index contributed by atoms with van der Waals surface area (Å²) in [5, 5.41) is 8.94. The number of nitrogens with one attached hydrogen (secondary N) is 1. The number of hydrogen-bond donors (Lipinski definition) is 2. The topological polar surface area (TPSA) is 80.7 Å². The first kappa shape index (κ1) is 22.3. The van der Waals surface area contributed by atoms with E-state index in [4.69, 9.17) is 14.7 Å². The molecule has 32 heavy (non-hydrogen) atoms. The Bertz CT molecular complexity index is 934. The quantitative estimate of drug-likeness (QED) is 0.413. The van der Waals surface area contributed by atoms with E-state index in [1.165, 1.54) is 30.4 Å². The first-order valence-corrected chi connectivity index (χ1v) is 11.7. The van der Waals surface area contributed by atoms with Crippen LogP contribution in [-0.4, -0.2) is 29.3 Å². The number of carboxylic acids is 1. The van der Waals surface area contributed by atoms with Gasteiger partial charge in [0.2, 0.25) is 0 Å². The number of benzene rings is 1. The standard InChI is InChI=1S/C26H32N2O4/c29-25(30)18-31-24-13-5-11-22-19(9-4-12-23(22)24)14-16-32-28-26(20-7-2-1-3-8-20)21-10-6-15-27-17-21/h5-6,10-11,13,15,17,19,28H,1-4,7-9,12,14,16,18H2,(H,29,30). The smallest absolute Gasteiger partial charge is 0.341 e. The molecular weight excluding hydrogens is 404 g/mol. The van der Waals surface area contributed by atoms with E-state index in [9.17, 15) is 4.79 Å². The zero-order valence-corrected chi connectivity index (χ0v) is 18.5. The van der Waals surface area contributed by atoms with Gasteiger partial charge in [-0.3, -0.25) is 15.3 Å². The van der Waals surface area contributed by atoms with Crippen LogP contribution in [0, 0.1) is 0 Å². The van der Waals surface area contributed by atoms with Crippen molar-refractivity contribution in [2.24, 2.45) is 0 Å². The van der Waals surface area contributed by atoms with Crippen LogP contribution in [0.4, 0.5) is 0 Å². The highest BCUT2D eigenvalue weighted by atomic mass is 16.6. The van der Waals surface area contributed by atoms with Crippen LogP contribution in [0.1, 0.15) is 74.0 Å². The molecule has 0 bridgehead atoms. The zero-order chi connectivity index (χ0) is 22.2. The Morgan fingerprint density at radius 1 is 1.09 bits per heavy atom. The van der Waals surface area contributed by atoms with Crippen LogP contribution in [-0.2, 0) is 16.1 Å². The van der Waals surface area contributed by atoms with Gasteiger partial charge in [-0.05, 0) is 92.2 Å². The largest absolute Gasteiger partial charge is 0.482 e. The lowest BCUT2D eigenvalue weighted by molar-refractivity contribution is -0.139. The number of carboxylic acid groups (broad SMARTS) is 1. The zero-order valence-electron chi connectivity index (χ0n) is 18.5. The Labute approximate surface area is 189 Å². The van der Waals surface area contributed by atoms with E-state index in [0.717, 1.165) is 55.3 Å². The van der Waals surface area contributed by atoms with Crippen molar-refractivity contribution in [3.05, 3.63) is 65.0 Å². The molecule has 1 aromatic carbocycles. The number of aromatic nitrogens is 1. The molecule has 4 rings (SSSR count). The second kappa shape index (κ2) is 11.1. The fourth-order valence-corrected chi connectivity index (χ4v) is 4.89. The van der Waals surface area contributed by atoms with Crippen LogP contribution in [0.2, 0.25) is 0 Å². The van der Waals surface area contributed by atoms with Crippen molar-refractivity contribution in [2.45, 2.75) is 63.7 Å². The molecule has 6 heteroatoms. The van der Waals surface area contributed by atoms with Crippen LogP contribution in [0.5, 0.6) is 5.75 Å². The Kier molecular flexibility index (Phi) is 7.77. The Hall–Kier alpha value is -2.86. The number of rotatable bonds is 9. The van der Waals surface area contributed by atoms with Gasteiger partial charge in [-0.1, -0.05) is 18.6 Å². The van der Waals surface area contributed by atoms with E-state index < -0.39 is 5.97 Å². The molecule has 0 amide bonds. The van der Waals surface area contributed by atoms with Gasteiger partial charge in [0.25, 0.3) is 0 Å². The molecular formula is C26H32N2O4. The summed E-state index contributed by atoms with van der Waals surface area (Å²) in [6.45, 7) is 0.293. The number of hydrogen-bond acceptors (Lipinski definition) is 5. The summed E-state index contributed by atoms with van der Waals surface area (Å²) in [6, 6.07) is 10.0. The number of aliphatic carboxylic acids is 1. The minimum Gasteiger partial charge on any atom is -0.482 e. The highest BCUT2D eigenvalue weighted by molar-refractivity contribution is 5.68. The predicted molar refractivity (Wildman–Crippen MR) is 123 cm³/mol. The maximum Gasteiger partial charge on any atom is 0.341 e. The van der Waals surface area contributed by atoms with Crippen LogP contribution < -0.4 is 10.2 Å². The summed E-state index contributed by atoms with van der Waals surface area (Å²) in [5.41, 5.74) is 9.25. The van der Waals surface area contributed by atoms with Gasteiger partial charge >= 0.3 is 5.97 Å². The molecule has 0 radical (unpaired) electrons. The average Bonchev–Trinajstić information content (AvgIpc) is 2.84. The Morgan fingerprint density at radius 3 is 2.75 bits per heavy atom. The summed E-state index contributed by atoms with van der Waals surface area (Å²) in [5.74, 6) is 0.138. The number of pyridine rings is 1. The molecule has 2 aliphatic carbocycles. The lowest BCUT2D eigenvalue weighted by Gasteiger charge is -2.27. The number of allylic oxidation sites excluding steroid dienone is 1. The van der Waals surface area contributed by atoms with E-state index in [0.29, 0.717) is 18.3 Å². The van der Waals surface area contributed by atoms with Gasteiger partial charge in [0.15, 0.2) is 6.61 Å². The Balaban J connectivity index is 1.38. The maximum atomic E-state index is 10.9. The minimum atomic E-state index is -0.953. The molecule has 1 heterocycles. The first-order chi connectivity index (χ1) is 15.7. The predicted octanol–water partition coefficient (Wildman–Crippen LogP) is 5.25. The van der Waals surface area contributed by atoms with E-state index in [2.05, 4.69) is 22.6 Å². The monoisotopic (exact) mass is 436 g/mol. The number of hydroxylamine groups is 1. The highest BCUT2D eigenvalue weighted by Gasteiger charge is 2.23. The second-order valence-electron chi connectivity index (χ2n) is 8.62. The summed E-state index contributed by atoms with van der Waals surface area (Å²) < 4.78 is 5.53. The fraction of sp³-hybridized carbons (Fsp3) is 0.462. The number of fused-ring (bicyclic) bond motifs is 1. The van der Waals surface area contributed by atoms with Crippen molar-refractivity contribution >= 4 is 11.7 Å². The van der Waals surface area contributed by atoms with E-state index in [1.807, 2.05) is 24.4 Å². The molecule has 2 N–H and O–H groups in total. The van der Waals surface area contributed by atoms with Crippen molar-refractivity contribution in [3.63, 3.8) is 0 Å². The van der Waals surface area contributed by atoms with Crippen LogP contribution in [0.3, 0.4) is 0 Å². The Morgan fingerprint density at radius 2 is 1.97 bits per heavy atom. The van der Waals surface area contributed by atoms with Crippen molar-refractivity contribution in [1.82, 2.24) is 10.5 Å². The lowest BCUT2D eigenvalue weighted by Crippen LogP contribution is -2.20. The SMILES string of the molecule is O=C(O)COc1cccc2c1CCCC2CCONC(=C1CCCCC1)c1cccnc1. The molecule has 2 aromatic rings. The summed E-state index contributed by atoms with van der Waals surface area (Å²) in [6.07, 6.45) is 13.7. The molecule has 1 unspecified atom stereocenters. The molecule has 0 spiro atoms. The van der Waals surface area contributed by atoms with Gasteiger partial charge in [-0.2, -0.15) is 0 Å².